The van der Waals surface area contributed by atoms with Crippen LogP contribution in [0, 0.1) is 0 Å². The Morgan fingerprint density at radius 2 is 2.18 bits per heavy atom. The van der Waals surface area contributed by atoms with E-state index in [1.54, 1.807) is 0 Å². The summed E-state index contributed by atoms with van der Waals surface area (Å²) in [6, 6.07) is 0.906. The fraction of sp³-hybridized carbons (Fsp3) is 0.333. The molecular formula is C9H7BrF3NO3. The highest BCUT2D eigenvalue weighted by molar-refractivity contribution is 9.08. The van der Waals surface area contributed by atoms with Gasteiger partial charge in [-0.15, -0.1) is 13.2 Å². The lowest BCUT2D eigenvalue weighted by atomic mass is 10.2. The highest BCUT2D eigenvalue weighted by Crippen LogP contribution is 2.29. The normalized spacial score (nSPS) is 11.1. The SMILES string of the molecule is COc1cc(OC(F)(F)F)nc(CBr)c1C=O. The number of pyridine rings is 1. The van der Waals surface area contributed by atoms with E-state index in [2.05, 4.69) is 25.7 Å². The van der Waals surface area contributed by atoms with Crippen LogP contribution in [0.4, 0.5) is 13.2 Å². The molecule has 1 aromatic heterocycles. The van der Waals surface area contributed by atoms with Crippen molar-refractivity contribution < 1.29 is 27.4 Å². The minimum Gasteiger partial charge on any atom is -0.496 e. The molecule has 1 aromatic rings. The molecule has 0 aromatic carbocycles. The van der Waals surface area contributed by atoms with Crippen molar-refractivity contribution in [3.05, 3.63) is 17.3 Å². The highest BCUT2D eigenvalue weighted by Gasteiger charge is 2.32. The van der Waals surface area contributed by atoms with Crippen LogP contribution in [0.25, 0.3) is 0 Å². The summed E-state index contributed by atoms with van der Waals surface area (Å²) in [5.41, 5.74) is 0.192. The third-order valence-electron chi connectivity index (χ3n) is 1.76. The van der Waals surface area contributed by atoms with Crippen LogP contribution in [0.5, 0.6) is 11.6 Å². The average molecular weight is 314 g/mol. The van der Waals surface area contributed by atoms with Crippen molar-refractivity contribution in [1.82, 2.24) is 4.98 Å². The van der Waals surface area contributed by atoms with E-state index in [0.717, 1.165) is 6.07 Å². The predicted molar refractivity (Wildman–Crippen MR) is 55.5 cm³/mol. The van der Waals surface area contributed by atoms with E-state index in [9.17, 15) is 18.0 Å². The number of hydrogen-bond donors (Lipinski definition) is 0. The summed E-state index contributed by atoms with van der Waals surface area (Å²) in [6.45, 7) is 0. The van der Waals surface area contributed by atoms with Gasteiger partial charge in [-0.05, 0) is 0 Å². The molecule has 17 heavy (non-hydrogen) atoms. The number of aldehydes is 1. The second-order valence-electron chi connectivity index (χ2n) is 2.82. The van der Waals surface area contributed by atoms with Crippen molar-refractivity contribution in [3.8, 4) is 11.6 Å². The monoisotopic (exact) mass is 313 g/mol. The van der Waals surface area contributed by atoms with E-state index in [-0.39, 0.29) is 22.3 Å². The summed E-state index contributed by atoms with van der Waals surface area (Å²) in [6.07, 6.45) is -4.38. The molecule has 0 saturated carbocycles. The molecule has 0 amide bonds. The number of carbonyl (C=O) groups is 1. The Morgan fingerprint density at radius 3 is 2.59 bits per heavy atom. The van der Waals surface area contributed by atoms with Gasteiger partial charge in [0.05, 0.1) is 18.4 Å². The first kappa shape index (κ1) is 13.8. The van der Waals surface area contributed by atoms with Crippen molar-refractivity contribution in [2.45, 2.75) is 11.7 Å². The van der Waals surface area contributed by atoms with Gasteiger partial charge in [0.1, 0.15) is 5.75 Å². The lowest BCUT2D eigenvalue weighted by Crippen LogP contribution is -2.18. The van der Waals surface area contributed by atoms with Crippen LogP contribution in [0.3, 0.4) is 0 Å². The van der Waals surface area contributed by atoms with Crippen LogP contribution in [0.1, 0.15) is 16.1 Å². The third kappa shape index (κ3) is 3.58. The molecule has 4 nitrogen and oxygen atoms in total. The van der Waals surface area contributed by atoms with Crippen LogP contribution >= 0.6 is 15.9 Å². The molecule has 0 N–H and O–H groups in total. The zero-order chi connectivity index (χ0) is 13.1. The molecule has 94 valence electrons. The number of rotatable bonds is 4. The maximum atomic E-state index is 12.0. The van der Waals surface area contributed by atoms with Crippen LogP contribution in [-0.2, 0) is 5.33 Å². The molecule has 1 rings (SSSR count). The summed E-state index contributed by atoms with van der Waals surface area (Å²) in [5.74, 6) is -0.696. The number of aromatic nitrogens is 1. The Morgan fingerprint density at radius 1 is 1.53 bits per heavy atom. The standard InChI is InChI=1S/C9H7BrF3NO3/c1-16-7-2-8(17-9(11,12)13)14-6(3-10)5(7)4-15/h2,4H,3H2,1H3. The van der Waals surface area contributed by atoms with Gasteiger partial charge in [-0.1, -0.05) is 15.9 Å². The molecule has 0 aliphatic rings. The first-order valence-corrected chi connectivity index (χ1v) is 5.38. The van der Waals surface area contributed by atoms with Crippen LogP contribution in [-0.4, -0.2) is 24.7 Å². The topological polar surface area (TPSA) is 48.4 Å². The molecule has 0 atom stereocenters. The number of carbonyl (C=O) groups excluding carboxylic acids is 1. The van der Waals surface area contributed by atoms with Gasteiger partial charge in [-0.2, -0.15) is 0 Å². The van der Waals surface area contributed by atoms with E-state index in [1.807, 2.05) is 0 Å². The van der Waals surface area contributed by atoms with Crippen LogP contribution < -0.4 is 9.47 Å². The molecule has 1 heterocycles. The fourth-order valence-corrected chi connectivity index (χ4v) is 1.55. The van der Waals surface area contributed by atoms with Gasteiger partial charge in [0.2, 0.25) is 5.88 Å². The van der Waals surface area contributed by atoms with Crippen LogP contribution in [0.2, 0.25) is 0 Å². The van der Waals surface area contributed by atoms with E-state index in [0.29, 0.717) is 6.29 Å². The van der Waals surface area contributed by atoms with E-state index in [4.69, 9.17) is 4.74 Å². The summed E-state index contributed by atoms with van der Waals surface area (Å²) in [5, 5.41) is 0.104. The number of alkyl halides is 4. The van der Waals surface area contributed by atoms with E-state index < -0.39 is 12.2 Å². The van der Waals surface area contributed by atoms with Gasteiger partial charge in [-0.25, -0.2) is 4.98 Å². The summed E-state index contributed by atoms with van der Waals surface area (Å²) >= 11 is 3.01. The van der Waals surface area contributed by atoms with Gasteiger partial charge < -0.3 is 9.47 Å². The molecule has 0 aliphatic heterocycles. The molecule has 0 bridgehead atoms. The third-order valence-corrected chi connectivity index (χ3v) is 2.29. The van der Waals surface area contributed by atoms with Gasteiger partial charge in [0.25, 0.3) is 0 Å². The maximum Gasteiger partial charge on any atom is 0.574 e. The van der Waals surface area contributed by atoms with Gasteiger partial charge in [-0.3, -0.25) is 4.79 Å². The quantitative estimate of drug-likeness (QED) is 0.633. The van der Waals surface area contributed by atoms with Gasteiger partial charge >= 0.3 is 6.36 Å². The highest BCUT2D eigenvalue weighted by atomic mass is 79.9. The van der Waals surface area contributed by atoms with Crippen molar-refractivity contribution in [2.24, 2.45) is 0 Å². The Bertz CT molecular complexity index is 397. The summed E-state index contributed by atoms with van der Waals surface area (Å²) in [7, 11) is 1.23. The fourth-order valence-electron chi connectivity index (χ4n) is 1.13. The number of methoxy groups -OCH3 is 1. The maximum absolute atomic E-state index is 12.0. The molecule has 0 spiro atoms. The summed E-state index contributed by atoms with van der Waals surface area (Å²) < 4.78 is 44.5. The molecule has 8 heteroatoms. The van der Waals surface area contributed by atoms with Gasteiger partial charge in [0, 0.05) is 11.4 Å². The second kappa shape index (κ2) is 5.35. The molecule has 0 unspecified atom stereocenters. The van der Waals surface area contributed by atoms with Crippen molar-refractivity contribution in [2.75, 3.05) is 7.11 Å². The Kier molecular flexibility index (Phi) is 4.33. The van der Waals surface area contributed by atoms with Gasteiger partial charge in [0.15, 0.2) is 6.29 Å². The Labute approximate surface area is 103 Å². The number of hydrogen-bond acceptors (Lipinski definition) is 4. The molecule has 0 radical (unpaired) electrons. The van der Waals surface area contributed by atoms with Crippen LogP contribution in [0.15, 0.2) is 6.07 Å². The predicted octanol–water partition coefficient (Wildman–Crippen LogP) is 2.70. The summed E-state index contributed by atoms with van der Waals surface area (Å²) in [4.78, 5) is 14.3. The smallest absolute Gasteiger partial charge is 0.496 e. The number of halogens is 4. The van der Waals surface area contributed by atoms with Crippen molar-refractivity contribution in [1.29, 1.82) is 0 Å². The van der Waals surface area contributed by atoms with Crippen molar-refractivity contribution in [3.63, 3.8) is 0 Å². The minimum absolute atomic E-state index is 0.0244. The first-order valence-electron chi connectivity index (χ1n) is 4.26. The molecular weight excluding hydrogens is 307 g/mol. The Balaban J connectivity index is 3.22. The lowest BCUT2D eigenvalue weighted by Gasteiger charge is -2.12. The van der Waals surface area contributed by atoms with Crippen molar-refractivity contribution >= 4 is 22.2 Å². The van der Waals surface area contributed by atoms with E-state index >= 15 is 0 Å². The van der Waals surface area contributed by atoms with E-state index in [1.165, 1.54) is 7.11 Å². The second-order valence-corrected chi connectivity index (χ2v) is 3.38. The Hall–Kier alpha value is -1.31. The zero-order valence-corrected chi connectivity index (χ0v) is 10.1. The largest absolute Gasteiger partial charge is 0.574 e. The number of ether oxygens (including phenoxy) is 2. The zero-order valence-electron chi connectivity index (χ0n) is 8.55. The first-order chi connectivity index (χ1) is 7.91. The molecule has 0 fully saturated rings. The molecule has 0 saturated heterocycles. The average Bonchev–Trinajstić information content (AvgIpc) is 2.25. The lowest BCUT2D eigenvalue weighted by molar-refractivity contribution is -0.276. The molecule has 0 aliphatic carbocycles. The minimum atomic E-state index is -4.84. The number of nitrogens with zero attached hydrogens (tertiary/aromatic N) is 1.